The summed E-state index contributed by atoms with van der Waals surface area (Å²) in [5.74, 6) is -0.439. The monoisotopic (exact) mass is 274 g/mol. The van der Waals surface area contributed by atoms with Crippen molar-refractivity contribution >= 4 is 22.6 Å². The fourth-order valence-electron chi connectivity index (χ4n) is 2.19. The molecule has 0 atom stereocenters. The molecule has 0 fully saturated rings. The van der Waals surface area contributed by atoms with Gasteiger partial charge in [-0.05, 0) is 31.0 Å². The van der Waals surface area contributed by atoms with Crippen molar-refractivity contribution in [2.24, 2.45) is 12.2 Å². The number of aliphatic hydroxyl groups excluding tert-OH is 1. The van der Waals surface area contributed by atoms with E-state index in [4.69, 9.17) is 9.94 Å². The lowest BCUT2D eigenvalue weighted by molar-refractivity contribution is -0.140. The second-order valence-corrected chi connectivity index (χ2v) is 4.74. The Morgan fingerprint density at radius 3 is 2.80 bits per heavy atom. The minimum atomic E-state index is -0.439. The molecule has 2 rings (SSSR count). The maximum Gasteiger partial charge on any atom is 0.331 e. The zero-order chi connectivity index (χ0) is 14.7. The van der Waals surface area contributed by atoms with Crippen LogP contribution in [0.2, 0.25) is 0 Å². The van der Waals surface area contributed by atoms with E-state index < -0.39 is 5.97 Å². The van der Waals surface area contributed by atoms with Crippen molar-refractivity contribution in [3.8, 4) is 0 Å². The van der Waals surface area contributed by atoms with Gasteiger partial charge >= 0.3 is 5.97 Å². The van der Waals surface area contributed by atoms with E-state index in [2.05, 4.69) is 5.16 Å². The van der Waals surface area contributed by atoms with E-state index in [0.717, 1.165) is 22.0 Å². The van der Waals surface area contributed by atoms with Crippen LogP contribution in [0.5, 0.6) is 0 Å². The van der Waals surface area contributed by atoms with Crippen LogP contribution in [-0.2, 0) is 23.1 Å². The van der Waals surface area contributed by atoms with Gasteiger partial charge in [0.15, 0.2) is 0 Å². The number of benzene rings is 1. The summed E-state index contributed by atoms with van der Waals surface area (Å²) in [6, 6.07) is 6.05. The first kappa shape index (κ1) is 14.3. The Bertz CT molecular complexity index is 671. The van der Waals surface area contributed by atoms with Gasteiger partial charge in [0.1, 0.15) is 0 Å². The Labute approximate surface area is 117 Å². The van der Waals surface area contributed by atoms with E-state index in [1.165, 1.54) is 6.92 Å². The molecule has 1 aromatic carbocycles. The van der Waals surface area contributed by atoms with Gasteiger partial charge in [-0.3, -0.25) is 0 Å². The first-order valence-electron chi connectivity index (χ1n) is 6.44. The van der Waals surface area contributed by atoms with Crippen LogP contribution in [0.1, 0.15) is 25.0 Å². The summed E-state index contributed by atoms with van der Waals surface area (Å²) in [4.78, 5) is 15.5. The van der Waals surface area contributed by atoms with Crippen molar-refractivity contribution in [2.45, 2.75) is 20.3 Å². The molecule has 1 N–H and O–H groups in total. The largest absolute Gasteiger partial charge is 0.396 e. The summed E-state index contributed by atoms with van der Waals surface area (Å²) < 4.78 is 2.00. The number of hydrogen-bond acceptors (Lipinski definition) is 4. The highest BCUT2D eigenvalue weighted by atomic mass is 16.7. The van der Waals surface area contributed by atoms with E-state index in [-0.39, 0.29) is 6.61 Å². The lowest BCUT2D eigenvalue weighted by atomic mass is 10.1. The van der Waals surface area contributed by atoms with Crippen molar-refractivity contribution in [2.75, 3.05) is 6.61 Å². The number of oxime groups is 1. The third kappa shape index (κ3) is 2.88. The van der Waals surface area contributed by atoms with Gasteiger partial charge in [0.25, 0.3) is 0 Å². The molecule has 0 saturated carbocycles. The van der Waals surface area contributed by atoms with Crippen LogP contribution < -0.4 is 0 Å². The predicted molar refractivity (Wildman–Crippen MR) is 77.7 cm³/mol. The minimum Gasteiger partial charge on any atom is -0.396 e. The molecule has 2 aromatic rings. The van der Waals surface area contributed by atoms with Gasteiger partial charge in [-0.15, -0.1) is 0 Å². The zero-order valence-corrected chi connectivity index (χ0v) is 11.9. The standard InChI is InChI=1S/C15H18N2O3/c1-10(16-20-11(2)19)14-9-17(3)15-5-4-12(6-7-18)8-13(14)15/h4-5,8-9,18H,6-7H2,1-3H3/b16-10+. The van der Waals surface area contributed by atoms with Gasteiger partial charge < -0.3 is 14.5 Å². The van der Waals surface area contributed by atoms with E-state index in [9.17, 15) is 4.79 Å². The van der Waals surface area contributed by atoms with Crippen molar-refractivity contribution in [1.29, 1.82) is 0 Å². The first-order valence-corrected chi connectivity index (χ1v) is 6.44. The molecule has 0 aliphatic rings. The van der Waals surface area contributed by atoms with Crippen molar-refractivity contribution < 1.29 is 14.7 Å². The molecular weight excluding hydrogens is 256 g/mol. The van der Waals surface area contributed by atoms with Crippen LogP contribution in [0.3, 0.4) is 0 Å². The number of carbonyl (C=O) groups excluding carboxylic acids is 1. The van der Waals surface area contributed by atoms with E-state index in [0.29, 0.717) is 12.1 Å². The normalized spacial score (nSPS) is 11.9. The quantitative estimate of drug-likeness (QED) is 0.527. The Morgan fingerprint density at radius 2 is 2.15 bits per heavy atom. The van der Waals surface area contributed by atoms with Gasteiger partial charge in [0.2, 0.25) is 0 Å². The fraction of sp³-hybridized carbons (Fsp3) is 0.333. The SMILES string of the molecule is CC(=O)O/N=C(\C)c1cn(C)c2ccc(CCO)cc12. The van der Waals surface area contributed by atoms with Gasteiger partial charge in [0, 0.05) is 43.2 Å². The molecule has 5 nitrogen and oxygen atoms in total. The molecule has 0 saturated heterocycles. The number of aromatic nitrogens is 1. The smallest absolute Gasteiger partial charge is 0.331 e. The summed E-state index contributed by atoms with van der Waals surface area (Å²) in [7, 11) is 1.96. The lowest BCUT2D eigenvalue weighted by Gasteiger charge is -2.02. The number of aryl methyl sites for hydroxylation is 1. The number of nitrogens with zero attached hydrogens (tertiary/aromatic N) is 2. The van der Waals surface area contributed by atoms with Crippen LogP contribution in [0.4, 0.5) is 0 Å². The van der Waals surface area contributed by atoms with E-state index in [1.54, 1.807) is 6.92 Å². The molecule has 1 heterocycles. The van der Waals surface area contributed by atoms with Crippen molar-refractivity contribution in [3.63, 3.8) is 0 Å². The third-order valence-corrected chi connectivity index (χ3v) is 3.16. The Hall–Kier alpha value is -2.14. The number of rotatable bonds is 4. The van der Waals surface area contributed by atoms with Crippen molar-refractivity contribution in [1.82, 2.24) is 4.57 Å². The molecule has 20 heavy (non-hydrogen) atoms. The summed E-state index contributed by atoms with van der Waals surface area (Å²) >= 11 is 0. The summed E-state index contributed by atoms with van der Waals surface area (Å²) in [6.07, 6.45) is 2.57. The van der Waals surface area contributed by atoms with Crippen LogP contribution in [-0.4, -0.2) is 28.0 Å². The van der Waals surface area contributed by atoms with E-state index >= 15 is 0 Å². The van der Waals surface area contributed by atoms with Crippen LogP contribution in [0.25, 0.3) is 10.9 Å². The second-order valence-electron chi connectivity index (χ2n) is 4.74. The molecule has 0 amide bonds. The minimum absolute atomic E-state index is 0.119. The number of fused-ring (bicyclic) bond motifs is 1. The number of hydrogen-bond donors (Lipinski definition) is 1. The maximum absolute atomic E-state index is 10.8. The topological polar surface area (TPSA) is 63.8 Å². The molecule has 0 radical (unpaired) electrons. The summed E-state index contributed by atoms with van der Waals surface area (Å²) in [5, 5.41) is 13.9. The highest BCUT2D eigenvalue weighted by molar-refractivity contribution is 6.09. The summed E-state index contributed by atoms with van der Waals surface area (Å²) in [5.41, 5.74) is 3.70. The molecule has 0 spiro atoms. The predicted octanol–water partition coefficient (Wildman–Crippen LogP) is 2.00. The fourth-order valence-corrected chi connectivity index (χ4v) is 2.19. The summed E-state index contributed by atoms with van der Waals surface area (Å²) in [6.45, 7) is 3.24. The van der Waals surface area contributed by atoms with Crippen molar-refractivity contribution in [3.05, 3.63) is 35.5 Å². The molecule has 0 aliphatic carbocycles. The Morgan fingerprint density at radius 1 is 1.40 bits per heavy atom. The second kappa shape index (κ2) is 5.88. The third-order valence-electron chi connectivity index (χ3n) is 3.16. The highest BCUT2D eigenvalue weighted by Crippen LogP contribution is 2.23. The molecule has 1 aromatic heterocycles. The van der Waals surface area contributed by atoms with Crippen LogP contribution >= 0.6 is 0 Å². The van der Waals surface area contributed by atoms with Crippen LogP contribution in [0.15, 0.2) is 29.6 Å². The average Bonchev–Trinajstić information content (AvgIpc) is 2.73. The molecule has 0 unspecified atom stereocenters. The van der Waals surface area contributed by atoms with Gasteiger partial charge in [-0.25, -0.2) is 4.79 Å². The molecule has 0 aliphatic heterocycles. The average molecular weight is 274 g/mol. The molecule has 106 valence electrons. The first-order chi connectivity index (χ1) is 9.52. The maximum atomic E-state index is 10.8. The van der Waals surface area contributed by atoms with Gasteiger partial charge in [-0.1, -0.05) is 11.2 Å². The Balaban J connectivity index is 2.49. The Kier molecular flexibility index (Phi) is 4.20. The highest BCUT2D eigenvalue weighted by Gasteiger charge is 2.10. The van der Waals surface area contributed by atoms with Gasteiger partial charge in [0.05, 0.1) is 5.71 Å². The molecule has 5 heteroatoms. The van der Waals surface area contributed by atoms with E-state index in [1.807, 2.05) is 36.0 Å². The molecule has 0 bridgehead atoms. The van der Waals surface area contributed by atoms with Crippen LogP contribution in [0, 0.1) is 0 Å². The number of aliphatic hydroxyl groups is 1. The zero-order valence-electron chi connectivity index (χ0n) is 11.9. The molecular formula is C15H18N2O3. The van der Waals surface area contributed by atoms with Gasteiger partial charge in [-0.2, -0.15) is 0 Å². The lowest BCUT2D eigenvalue weighted by Crippen LogP contribution is -1.99. The number of carbonyl (C=O) groups is 1.